The van der Waals surface area contributed by atoms with Crippen LogP contribution in [-0.4, -0.2) is 31.5 Å². The smallest absolute Gasteiger partial charge is 0.280 e. The first kappa shape index (κ1) is 20.5. The van der Waals surface area contributed by atoms with Crippen LogP contribution in [0.3, 0.4) is 0 Å². The van der Waals surface area contributed by atoms with Crippen LogP contribution < -0.4 is 14.7 Å². The highest BCUT2D eigenvalue weighted by Crippen LogP contribution is 2.61. The molecule has 22 heavy (non-hydrogen) atoms. The van der Waals surface area contributed by atoms with Gasteiger partial charge in [0.1, 0.15) is 7.85 Å². The van der Waals surface area contributed by atoms with Gasteiger partial charge < -0.3 is 28.8 Å². The summed E-state index contributed by atoms with van der Waals surface area (Å²) in [6.07, 6.45) is -0.730. The largest absolute Gasteiger partial charge is 0.756 e. The Labute approximate surface area is 127 Å². The molecule has 1 N–H and O–H groups in total. The Morgan fingerprint density at radius 3 is 2.05 bits per heavy atom. The minimum absolute atomic E-state index is 0.0878. The predicted octanol–water partition coefficient (Wildman–Crippen LogP) is -1.40. The second-order valence-electron chi connectivity index (χ2n) is 4.68. The molecule has 0 aromatic heterocycles. The number of hydrogen-bond acceptors (Lipinski definition) is 10. The van der Waals surface area contributed by atoms with Gasteiger partial charge in [-0.15, -0.1) is 0 Å². The standard InChI is InChI=1S/C7H16BO11P3/c1-4-5(2)7(8)17-6(4)3-16-21(12,13)19-22(14,15)18-20(9,10)11/h4-7H,3H2,1-2H3,(H,12,13)(H,14,15)(H2,9,10,11)/p-3/t4-,5?,6?,7?/m1/s1. The second-order valence-corrected chi connectivity index (χ2v) is 8.97. The third kappa shape index (κ3) is 6.51. The van der Waals surface area contributed by atoms with Crippen LogP contribution in [0.25, 0.3) is 0 Å². The molecular weight excluding hydrogens is 364 g/mol. The van der Waals surface area contributed by atoms with E-state index in [1.807, 2.05) is 0 Å². The fourth-order valence-corrected chi connectivity index (χ4v) is 4.63. The van der Waals surface area contributed by atoms with Gasteiger partial charge in [0.25, 0.3) is 23.5 Å². The Balaban J connectivity index is 2.60. The van der Waals surface area contributed by atoms with Crippen molar-refractivity contribution in [1.82, 2.24) is 0 Å². The molecular formula is C7H13BO11P3-3. The molecule has 1 fully saturated rings. The Morgan fingerprint density at radius 2 is 1.64 bits per heavy atom. The zero-order chi connectivity index (χ0) is 17.3. The molecule has 1 heterocycles. The fraction of sp³-hybridized carbons (Fsp3) is 1.00. The molecule has 0 aromatic rings. The Kier molecular flexibility index (Phi) is 6.64. The van der Waals surface area contributed by atoms with Crippen LogP contribution in [0.5, 0.6) is 0 Å². The van der Waals surface area contributed by atoms with Gasteiger partial charge >= 0.3 is 0 Å². The molecule has 6 unspecified atom stereocenters. The first-order chi connectivity index (χ1) is 9.72. The van der Waals surface area contributed by atoms with Crippen molar-refractivity contribution in [1.29, 1.82) is 0 Å². The zero-order valence-corrected chi connectivity index (χ0v) is 14.1. The Hall–Kier alpha value is 0.435. The lowest BCUT2D eigenvalue weighted by Crippen LogP contribution is -2.24. The van der Waals surface area contributed by atoms with Crippen LogP contribution >= 0.6 is 23.5 Å². The van der Waals surface area contributed by atoms with Crippen molar-refractivity contribution in [2.24, 2.45) is 11.8 Å². The van der Waals surface area contributed by atoms with Gasteiger partial charge in [0.2, 0.25) is 0 Å². The normalized spacial score (nSPS) is 37.2. The van der Waals surface area contributed by atoms with Gasteiger partial charge in [0, 0.05) is 6.00 Å². The zero-order valence-electron chi connectivity index (χ0n) is 11.5. The number of phosphoric acid groups is 3. The summed E-state index contributed by atoms with van der Waals surface area (Å²) in [6, 6.07) is -0.634. The van der Waals surface area contributed by atoms with Crippen LogP contribution in [0.4, 0.5) is 0 Å². The first-order valence-electron chi connectivity index (χ1n) is 5.86. The monoisotopic (exact) mass is 377 g/mol. The molecule has 0 bridgehead atoms. The molecule has 0 amide bonds. The van der Waals surface area contributed by atoms with Crippen molar-refractivity contribution < 1.29 is 51.2 Å². The number of ether oxygens (including phenoxy) is 1. The molecule has 7 atom stereocenters. The van der Waals surface area contributed by atoms with Crippen molar-refractivity contribution in [2.75, 3.05) is 6.61 Å². The van der Waals surface area contributed by atoms with E-state index in [1.165, 1.54) is 0 Å². The van der Waals surface area contributed by atoms with Gasteiger partial charge in [-0.3, -0.25) is 13.7 Å². The van der Waals surface area contributed by atoms with Crippen LogP contribution in [0, 0.1) is 11.8 Å². The molecule has 11 nitrogen and oxygen atoms in total. The molecule has 0 saturated carbocycles. The second kappa shape index (κ2) is 7.13. The fourth-order valence-electron chi connectivity index (χ4n) is 1.73. The number of hydrogen-bond donors (Lipinski definition) is 1. The average Bonchev–Trinajstić information content (AvgIpc) is 2.49. The van der Waals surface area contributed by atoms with E-state index in [0.717, 1.165) is 0 Å². The molecule has 15 heteroatoms. The third-order valence-electron chi connectivity index (χ3n) is 3.07. The average molecular weight is 377 g/mol. The highest BCUT2D eigenvalue weighted by molar-refractivity contribution is 7.65. The van der Waals surface area contributed by atoms with Crippen molar-refractivity contribution in [2.45, 2.75) is 26.0 Å². The van der Waals surface area contributed by atoms with E-state index in [9.17, 15) is 28.4 Å². The summed E-state index contributed by atoms with van der Waals surface area (Å²) < 4.78 is 48.7. The van der Waals surface area contributed by atoms with Crippen LogP contribution in [0.1, 0.15) is 13.8 Å². The van der Waals surface area contributed by atoms with Crippen molar-refractivity contribution in [3.8, 4) is 0 Å². The third-order valence-corrected chi connectivity index (χ3v) is 6.76. The molecule has 1 aliphatic rings. The Morgan fingerprint density at radius 1 is 1.09 bits per heavy atom. The molecule has 1 rings (SSSR count). The highest BCUT2D eigenvalue weighted by atomic mass is 31.3. The molecule has 2 radical (unpaired) electrons. The number of rotatable bonds is 7. The van der Waals surface area contributed by atoms with Gasteiger partial charge in [-0.05, 0) is 11.8 Å². The molecule has 1 saturated heterocycles. The van der Waals surface area contributed by atoms with E-state index in [-0.39, 0.29) is 11.8 Å². The van der Waals surface area contributed by atoms with E-state index < -0.39 is 42.2 Å². The van der Waals surface area contributed by atoms with E-state index >= 15 is 0 Å². The summed E-state index contributed by atoms with van der Waals surface area (Å²) in [4.78, 5) is 40.8. The lowest BCUT2D eigenvalue weighted by molar-refractivity contribution is -0.250. The maximum atomic E-state index is 11.3. The van der Waals surface area contributed by atoms with E-state index in [2.05, 4.69) is 13.1 Å². The van der Waals surface area contributed by atoms with Crippen LogP contribution in [0.15, 0.2) is 0 Å². The summed E-state index contributed by atoms with van der Waals surface area (Å²) in [6.45, 7) is 2.91. The maximum absolute atomic E-state index is 11.3. The van der Waals surface area contributed by atoms with Crippen LogP contribution in [0.2, 0.25) is 0 Å². The van der Waals surface area contributed by atoms with Gasteiger partial charge in [-0.2, -0.15) is 0 Å². The van der Waals surface area contributed by atoms with Crippen molar-refractivity contribution in [3.05, 3.63) is 0 Å². The summed E-state index contributed by atoms with van der Waals surface area (Å²) in [7, 11) is -11.5. The Bertz CT molecular complexity index is 534. The molecule has 128 valence electrons. The molecule has 1 aliphatic heterocycles. The van der Waals surface area contributed by atoms with Gasteiger partial charge in [-0.1, -0.05) is 13.8 Å². The van der Waals surface area contributed by atoms with Crippen LogP contribution in [-0.2, 0) is 31.6 Å². The predicted molar refractivity (Wildman–Crippen MR) is 65.9 cm³/mol. The maximum Gasteiger partial charge on any atom is 0.280 e. The quantitative estimate of drug-likeness (QED) is 0.407. The van der Waals surface area contributed by atoms with Gasteiger partial charge in [0.05, 0.1) is 12.7 Å². The topological polar surface area (TPSA) is 178 Å². The summed E-state index contributed by atoms with van der Waals surface area (Å²) in [5, 5.41) is 0. The summed E-state index contributed by atoms with van der Waals surface area (Å²) in [5.74, 6) is -0.264. The van der Waals surface area contributed by atoms with E-state index in [1.54, 1.807) is 13.8 Å². The lowest BCUT2D eigenvalue weighted by Gasteiger charge is -2.33. The van der Waals surface area contributed by atoms with Crippen molar-refractivity contribution >= 4 is 31.3 Å². The summed E-state index contributed by atoms with van der Waals surface area (Å²) in [5.41, 5.74) is 0. The lowest BCUT2D eigenvalue weighted by atomic mass is 9.82. The minimum atomic E-state index is -5.88. The summed E-state index contributed by atoms with van der Waals surface area (Å²) >= 11 is 0. The molecule has 0 spiro atoms. The molecule has 0 aliphatic carbocycles. The van der Waals surface area contributed by atoms with E-state index in [0.29, 0.717) is 0 Å². The van der Waals surface area contributed by atoms with Gasteiger partial charge in [-0.25, -0.2) is 8.62 Å². The highest BCUT2D eigenvalue weighted by Gasteiger charge is 2.37. The SMILES string of the molecule is [B]C1OC(COP(=O)([O-])OP(=O)([O-])OP(=O)([O-])O)[C@H](C)C1C. The molecule has 0 aromatic carbocycles. The number of phosphoric ester groups is 1. The van der Waals surface area contributed by atoms with Crippen molar-refractivity contribution in [3.63, 3.8) is 0 Å². The van der Waals surface area contributed by atoms with E-state index in [4.69, 9.17) is 17.5 Å². The first-order valence-corrected chi connectivity index (χ1v) is 10.3. The van der Waals surface area contributed by atoms with Gasteiger partial charge in [0.15, 0.2) is 0 Å². The minimum Gasteiger partial charge on any atom is -0.756 e.